The molecule has 0 fully saturated rings. The zero-order chi connectivity index (χ0) is 13.2. The van der Waals surface area contributed by atoms with Crippen molar-refractivity contribution >= 4 is 34.0 Å². The molecule has 0 bridgehead atoms. The van der Waals surface area contributed by atoms with Crippen molar-refractivity contribution < 1.29 is 0 Å². The Hall–Kier alpha value is -1.49. The zero-order valence-electron chi connectivity index (χ0n) is 10.1. The first-order valence-corrected chi connectivity index (χ1v) is 7.13. The van der Waals surface area contributed by atoms with Crippen LogP contribution in [0, 0.1) is 0 Å². The average molecular weight is 290 g/mol. The van der Waals surface area contributed by atoms with Gasteiger partial charge in [-0.2, -0.15) is 0 Å². The standard InChI is InChI=1S/C14H12ClN3S/c15-13-5-4-9(19-13)8-11(16)10-2-1-3-12-14(10)18-7-6-17-12/h1-7,11H,8,16H2. The van der Waals surface area contributed by atoms with E-state index >= 15 is 0 Å². The quantitative estimate of drug-likeness (QED) is 0.802. The third-order valence-corrected chi connectivity index (χ3v) is 4.23. The van der Waals surface area contributed by atoms with Crippen molar-refractivity contribution in [1.82, 2.24) is 9.97 Å². The van der Waals surface area contributed by atoms with Crippen molar-refractivity contribution in [2.75, 3.05) is 0 Å². The van der Waals surface area contributed by atoms with Gasteiger partial charge in [-0.3, -0.25) is 9.97 Å². The summed E-state index contributed by atoms with van der Waals surface area (Å²) >= 11 is 7.51. The van der Waals surface area contributed by atoms with E-state index in [1.165, 1.54) is 4.88 Å². The molecule has 3 rings (SSSR count). The SMILES string of the molecule is NC(Cc1ccc(Cl)s1)c1cccc2nccnc12. The Morgan fingerprint density at radius 2 is 2.00 bits per heavy atom. The molecule has 96 valence electrons. The van der Waals surface area contributed by atoms with E-state index < -0.39 is 0 Å². The minimum atomic E-state index is -0.102. The molecule has 3 aromatic rings. The summed E-state index contributed by atoms with van der Waals surface area (Å²) in [5.74, 6) is 0. The summed E-state index contributed by atoms with van der Waals surface area (Å²) in [6.45, 7) is 0. The number of para-hydroxylation sites is 1. The predicted molar refractivity (Wildman–Crippen MR) is 79.5 cm³/mol. The van der Waals surface area contributed by atoms with E-state index in [4.69, 9.17) is 17.3 Å². The van der Waals surface area contributed by atoms with Gasteiger partial charge in [0.15, 0.2) is 0 Å². The molecule has 0 aliphatic rings. The van der Waals surface area contributed by atoms with Gasteiger partial charge in [0, 0.05) is 29.7 Å². The maximum Gasteiger partial charge on any atom is 0.0934 e. The third kappa shape index (κ3) is 2.61. The number of rotatable bonds is 3. The topological polar surface area (TPSA) is 51.8 Å². The summed E-state index contributed by atoms with van der Waals surface area (Å²) in [5, 5.41) is 0. The fourth-order valence-electron chi connectivity index (χ4n) is 2.10. The van der Waals surface area contributed by atoms with Crippen LogP contribution in [0.25, 0.3) is 11.0 Å². The van der Waals surface area contributed by atoms with Crippen LogP contribution >= 0.6 is 22.9 Å². The number of hydrogen-bond acceptors (Lipinski definition) is 4. The number of aromatic nitrogens is 2. The molecule has 0 radical (unpaired) electrons. The van der Waals surface area contributed by atoms with Gasteiger partial charge in [-0.15, -0.1) is 11.3 Å². The number of hydrogen-bond donors (Lipinski definition) is 1. The number of halogens is 1. The fourth-order valence-corrected chi connectivity index (χ4v) is 3.25. The molecule has 2 heterocycles. The molecule has 3 nitrogen and oxygen atoms in total. The largest absolute Gasteiger partial charge is 0.324 e. The summed E-state index contributed by atoms with van der Waals surface area (Å²) < 4.78 is 0.792. The van der Waals surface area contributed by atoms with Gasteiger partial charge in [0.1, 0.15) is 0 Å². The highest BCUT2D eigenvalue weighted by Crippen LogP contribution is 2.27. The molecule has 1 aromatic carbocycles. The van der Waals surface area contributed by atoms with Crippen molar-refractivity contribution in [1.29, 1.82) is 0 Å². The lowest BCUT2D eigenvalue weighted by atomic mass is 10.0. The molecule has 2 N–H and O–H groups in total. The number of nitrogens with zero attached hydrogens (tertiary/aromatic N) is 2. The number of benzene rings is 1. The lowest BCUT2D eigenvalue weighted by molar-refractivity contribution is 0.734. The molecule has 1 atom stereocenters. The van der Waals surface area contributed by atoms with Crippen LogP contribution in [-0.2, 0) is 6.42 Å². The van der Waals surface area contributed by atoms with E-state index in [1.807, 2.05) is 30.3 Å². The van der Waals surface area contributed by atoms with Gasteiger partial charge in [0.2, 0.25) is 0 Å². The zero-order valence-corrected chi connectivity index (χ0v) is 11.7. The van der Waals surface area contributed by atoms with Crippen LogP contribution in [0.15, 0.2) is 42.7 Å². The normalized spacial score (nSPS) is 12.7. The fraction of sp³-hybridized carbons (Fsp3) is 0.143. The highest BCUT2D eigenvalue weighted by Gasteiger charge is 2.13. The van der Waals surface area contributed by atoms with Crippen molar-refractivity contribution in [2.45, 2.75) is 12.5 Å². The van der Waals surface area contributed by atoms with Crippen LogP contribution in [0.1, 0.15) is 16.5 Å². The van der Waals surface area contributed by atoms with E-state index in [1.54, 1.807) is 23.7 Å². The highest BCUT2D eigenvalue weighted by atomic mass is 35.5. The monoisotopic (exact) mass is 289 g/mol. The van der Waals surface area contributed by atoms with Crippen molar-refractivity contribution in [3.63, 3.8) is 0 Å². The van der Waals surface area contributed by atoms with Crippen LogP contribution in [0.3, 0.4) is 0 Å². The minimum absolute atomic E-state index is 0.102. The number of thiophene rings is 1. The average Bonchev–Trinajstić information content (AvgIpc) is 2.83. The van der Waals surface area contributed by atoms with E-state index in [-0.39, 0.29) is 6.04 Å². The van der Waals surface area contributed by atoms with E-state index in [0.717, 1.165) is 27.4 Å². The molecule has 0 aliphatic heterocycles. The molecule has 0 spiro atoms. The van der Waals surface area contributed by atoms with Gasteiger partial charge in [-0.05, 0) is 23.8 Å². The third-order valence-electron chi connectivity index (χ3n) is 2.98. The Bertz CT molecular complexity index is 705. The van der Waals surface area contributed by atoms with Crippen molar-refractivity contribution in [2.24, 2.45) is 5.73 Å². The lowest BCUT2D eigenvalue weighted by Gasteiger charge is -2.12. The van der Waals surface area contributed by atoms with E-state index in [2.05, 4.69) is 9.97 Å². The Morgan fingerprint density at radius 1 is 1.16 bits per heavy atom. The highest BCUT2D eigenvalue weighted by molar-refractivity contribution is 7.16. The van der Waals surface area contributed by atoms with Crippen LogP contribution in [0.2, 0.25) is 4.34 Å². The van der Waals surface area contributed by atoms with Gasteiger partial charge >= 0.3 is 0 Å². The van der Waals surface area contributed by atoms with E-state index in [9.17, 15) is 0 Å². The van der Waals surface area contributed by atoms with Gasteiger partial charge < -0.3 is 5.73 Å². The molecule has 0 amide bonds. The molecule has 19 heavy (non-hydrogen) atoms. The Morgan fingerprint density at radius 3 is 2.79 bits per heavy atom. The second-order valence-electron chi connectivity index (χ2n) is 4.29. The van der Waals surface area contributed by atoms with Crippen LogP contribution in [0.4, 0.5) is 0 Å². The first kappa shape index (κ1) is 12.5. The number of nitrogens with two attached hydrogens (primary N) is 1. The summed E-state index contributed by atoms with van der Waals surface area (Å²) in [4.78, 5) is 9.86. The first-order chi connectivity index (χ1) is 9.24. The molecule has 0 aliphatic carbocycles. The van der Waals surface area contributed by atoms with E-state index in [0.29, 0.717) is 0 Å². The molecular formula is C14H12ClN3S. The number of fused-ring (bicyclic) bond motifs is 1. The predicted octanol–water partition coefficient (Wildman–Crippen LogP) is 3.59. The Labute approximate surface area is 120 Å². The van der Waals surface area contributed by atoms with Gasteiger partial charge in [0.05, 0.1) is 15.4 Å². The maximum atomic E-state index is 6.30. The second kappa shape index (κ2) is 5.25. The van der Waals surface area contributed by atoms with Crippen LogP contribution in [0.5, 0.6) is 0 Å². The smallest absolute Gasteiger partial charge is 0.0934 e. The van der Waals surface area contributed by atoms with Gasteiger partial charge in [0.25, 0.3) is 0 Å². The second-order valence-corrected chi connectivity index (χ2v) is 6.09. The summed E-state index contributed by atoms with van der Waals surface area (Å²) in [7, 11) is 0. The molecular weight excluding hydrogens is 278 g/mol. The summed E-state index contributed by atoms with van der Waals surface area (Å²) in [6, 6.07) is 9.74. The Kier molecular flexibility index (Phi) is 3.46. The summed E-state index contributed by atoms with van der Waals surface area (Å²) in [5.41, 5.74) is 9.07. The van der Waals surface area contributed by atoms with Gasteiger partial charge in [-0.1, -0.05) is 23.7 Å². The van der Waals surface area contributed by atoms with Gasteiger partial charge in [-0.25, -0.2) is 0 Å². The summed E-state index contributed by atoms with van der Waals surface area (Å²) in [6.07, 6.45) is 4.14. The first-order valence-electron chi connectivity index (χ1n) is 5.93. The maximum absolute atomic E-state index is 6.30. The molecule has 0 saturated heterocycles. The van der Waals surface area contributed by atoms with Crippen LogP contribution < -0.4 is 5.73 Å². The van der Waals surface area contributed by atoms with Crippen molar-refractivity contribution in [3.05, 3.63) is 57.5 Å². The molecule has 1 unspecified atom stereocenters. The molecule has 2 aromatic heterocycles. The lowest BCUT2D eigenvalue weighted by Crippen LogP contribution is -2.13. The molecule has 0 saturated carbocycles. The van der Waals surface area contributed by atoms with Crippen molar-refractivity contribution in [3.8, 4) is 0 Å². The minimum Gasteiger partial charge on any atom is -0.324 e. The molecule has 5 heteroatoms. The Balaban J connectivity index is 1.95. The van der Waals surface area contributed by atoms with Crippen LogP contribution in [-0.4, -0.2) is 9.97 Å².